The molecule has 2 aromatic rings. The van der Waals surface area contributed by atoms with Crippen molar-refractivity contribution in [3.05, 3.63) is 60.2 Å². The minimum absolute atomic E-state index is 0.296. The summed E-state index contributed by atoms with van der Waals surface area (Å²) in [4.78, 5) is 26.5. The molecule has 138 valence electrons. The van der Waals surface area contributed by atoms with Crippen molar-refractivity contribution in [1.29, 1.82) is 0 Å². The van der Waals surface area contributed by atoms with Crippen molar-refractivity contribution in [1.82, 2.24) is 4.72 Å². The van der Waals surface area contributed by atoms with Crippen LogP contribution in [0.5, 0.6) is 0 Å². The molecule has 0 bridgehead atoms. The van der Waals surface area contributed by atoms with E-state index in [0.29, 0.717) is 16.9 Å². The lowest BCUT2D eigenvalue weighted by Gasteiger charge is -2.20. The predicted octanol–water partition coefficient (Wildman–Crippen LogP) is 1.84. The van der Waals surface area contributed by atoms with Gasteiger partial charge in [0.1, 0.15) is 0 Å². The number of sulfonamides is 1. The van der Waals surface area contributed by atoms with Gasteiger partial charge in [0.25, 0.3) is 5.91 Å². The highest BCUT2D eigenvalue weighted by atomic mass is 32.2. The first-order valence-corrected chi connectivity index (χ1v) is 9.78. The Balaban J connectivity index is 2.22. The first-order chi connectivity index (χ1) is 12.2. The van der Waals surface area contributed by atoms with Gasteiger partial charge in [-0.1, -0.05) is 30.3 Å². The van der Waals surface area contributed by atoms with Gasteiger partial charge in [-0.2, -0.15) is 0 Å². The summed E-state index contributed by atoms with van der Waals surface area (Å²) < 4.78 is 24.7. The van der Waals surface area contributed by atoms with Crippen LogP contribution in [0.1, 0.15) is 17.3 Å². The van der Waals surface area contributed by atoms with Crippen LogP contribution < -0.4 is 14.9 Å². The number of anilines is 2. The minimum Gasteiger partial charge on any atom is -0.324 e. The molecule has 7 nitrogen and oxygen atoms in total. The molecular weight excluding hydrogens is 354 g/mol. The summed E-state index contributed by atoms with van der Waals surface area (Å²) in [6, 6.07) is 14.7. The molecule has 2 aromatic carbocycles. The van der Waals surface area contributed by atoms with Gasteiger partial charge >= 0.3 is 0 Å². The summed E-state index contributed by atoms with van der Waals surface area (Å²) in [7, 11) is -1.88. The van der Waals surface area contributed by atoms with Crippen molar-refractivity contribution >= 4 is 33.2 Å². The quantitative estimate of drug-likeness (QED) is 0.805. The first kappa shape index (κ1) is 19.6. The maximum atomic E-state index is 12.8. The number of rotatable bonds is 6. The highest BCUT2D eigenvalue weighted by molar-refractivity contribution is 7.88. The fourth-order valence-electron chi connectivity index (χ4n) is 2.34. The number of benzene rings is 2. The third-order valence-electron chi connectivity index (χ3n) is 3.65. The van der Waals surface area contributed by atoms with Crippen LogP contribution in [0.25, 0.3) is 0 Å². The van der Waals surface area contributed by atoms with Crippen molar-refractivity contribution in [2.24, 2.45) is 0 Å². The van der Waals surface area contributed by atoms with Crippen molar-refractivity contribution in [3.63, 3.8) is 0 Å². The Morgan fingerprint density at radius 1 is 1.00 bits per heavy atom. The van der Waals surface area contributed by atoms with Gasteiger partial charge in [-0.15, -0.1) is 0 Å². The Morgan fingerprint density at radius 3 is 2.19 bits per heavy atom. The van der Waals surface area contributed by atoms with E-state index in [9.17, 15) is 18.0 Å². The molecule has 0 fully saturated rings. The molecular formula is C18H21N3O4S. The zero-order valence-corrected chi connectivity index (χ0v) is 15.6. The summed E-state index contributed by atoms with van der Waals surface area (Å²) in [5.41, 5.74) is 1.33. The summed E-state index contributed by atoms with van der Waals surface area (Å²) >= 11 is 0. The summed E-state index contributed by atoms with van der Waals surface area (Å²) in [5, 5.41) is 2.61. The molecule has 1 atom stereocenters. The fraction of sp³-hybridized carbons (Fsp3) is 0.222. The van der Waals surface area contributed by atoms with E-state index in [2.05, 4.69) is 10.0 Å². The zero-order chi connectivity index (χ0) is 19.3. The smallest absolute Gasteiger partial charge is 0.260 e. The maximum Gasteiger partial charge on any atom is 0.260 e. The van der Waals surface area contributed by atoms with E-state index in [0.717, 1.165) is 6.26 Å². The van der Waals surface area contributed by atoms with Gasteiger partial charge < -0.3 is 10.2 Å². The number of hydrogen-bond donors (Lipinski definition) is 2. The second-order valence-corrected chi connectivity index (χ2v) is 7.63. The molecule has 0 aliphatic carbocycles. The van der Waals surface area contributed by atoms with Crippen LogP contribution in [0.2, 0.25) is 0 Å². The number of hydrogen-bond acceptors (Lipinski definition) is 4. The monoisotopic (exact) mass is 375 g/mol. The van der Waals surface area contributed by atoms with Crippen LogP contribution >= 0.6 is 0 Å². The molecule has 0 spiro atoms. The Labute approximate surface area is 153 Å². The van der Waals surface area contributed by atoms with Crippen LogP contribution in [-0.4, -0.2) is 39.6 Å². The van der Waals surface area contributed by atoms with Crippen molar-refractivity contribution in [2.75, 3.05) is 23.5 Å². The van der Waals surface area contributed by atoms with Crippen molar-refractivity contribution in [2.45, 2.75) is 13.0 Å². The number of amides is 2. The predicted molar refractivity (Wildman–Crippen MR) is 102 cm³/mol. The third-order valence-corrected chi connectivity index (χ3v) is 4.43. The van der Waals surface area contributed by atoms with E-state index < -0.39 is 22.0 Å². The average Bonchev–Trinajstić information content (AvgIpc) is 2.60. The molecule has 0 radical (unpaired) electrons. The van der Waals surface area contributed by atoms with E-state index in [4.69, 9.17) is 0 Å². The Morgan fingerprint density at radius 2 is 1.58 bits per heavy atom. The van der Waals surface area contributed by atoms with E-state index in [1.54, 1.807) is 43.4 Å². The lowest BCUT2D eigenvalue weighted by molar-refractivity contribution is -0.117. The Bertz CT molecular complexity index is 898. The van der Waals surface area contributed by atoms with Gasteiger partial charge in [0.2, 0.25) is 15.9 Å². The topological polar surface area (TPSA) is 95.6 Å². The molecule has 2 rings (SSSR count). The van der Waals surface area contributed by atoms with Crippen LogP contribution in [0, 0.1) is 0 Å². The minimum atomic E-state index is -3.52. The largest absolute Gasteiger partial charge is 0.324 e. The standard InChI is InChI=1S/C18H21N3O4S/c1-13(20-26(3,24)25)17(22)19-16-12-8-7-11-15(16)18(23)21(2)14-9-5-4-6-10-14/h4-13,20H,1-3H3,(H,19,22)/t13-/m0/s1. The molecule has 0 saturated heterocycles. The molecule has 2 amide bonds. The molecule has 2 N–H and O–H groups in total. The van der Waals surface area contributed by atoms with Crippen LogP contribution in [0.4, 0.5) is 11.4 Å². The Kier molecular flexibility index (Phi) is 6.12. The van der Waals surface area contributed by atoms with Gasteiger partial charge in [0.05, 0.1) is 23.5 Å². The number of nitrogens with one attached hydrogen (secondary N) is 2. The lowest BCUT2D eigenvalue weighted by Crippen LogP contribution is -2.41. The third kappa shape index (κ3) is 5.14. The average molecular weight is 375 g/mol. The molecule has 0 unspecified atom stereocenters. The van der Waals surface area contributed by atoms with E-state index in [-0.39, 0.29) is 5.91 Å². The van der Waals surface area contributed by atoms with Gasteiger partial charge in [-0.05, 0) is 31.2 Å². The molecule has 8 heteroatoms. The molecule has 0 aliphatic rings. The molecule has 26 heavy (non-hydrogen) atoms. The van der Waals surface area contributed by atoms with Crippen molar-refractivity contribution < 1.29 is 18.0 Å². The first-order valence-electron chi connectivity index (χ1n) is 7.89. The number of nitrogens with zero attached hydrogens (tertiary/aromatic N) is 1. The highest BCUT2D eigenvalue weighted by Crippen LogP contribution is 2.21. The lowest BCUT2D eigenvalue weighted by atomic mass is 10.1. The second kappa shape index (κ2) is 8.11. The summed E-state index contributed by atoms with van der Waals surface area (Å²) in [6.07, 6.45) is 0.975. The number of carbonyl (C=O) groups is 2. The SMILES string of the molecule is C[C@H](NS(C)(=O)=O)C(=O)Nc1ccccc1C(=O)N(C)c1ccccc1. The van der Waals surface area contributed by atoms with Gasteiger partial charge in [-0.25, -0.2) is 13.1 Å². The maximum absolute atomic E-state index is 12.8. The van der Waals surface area contributed by atoms with Crippen LogP contribution in [-0.2, 0) is 14.8 Å². The Hall–Kier alpha value is -2.71. The number of carbonyl (C=O) groups excluding carboxylic acids is 2. The molecule has 0 heterocycles. The summed E-state index contributed by atoms with van der Waals surface area (Å²) in [5.74, 6) is -0.853. The van der Waals surface area contributed by atoms with E-state index >= 15 is 0 Å². The summed E-state index contributed by atoms with van der Waals surface area (Å²) in [6.45, 7) is 1.43. The van der Waals surface area contributed by atoms with E-state index in [1.165, 1.54) is 11.8 Å². The zero-order valence-electron chi connectivity index (χ0n) is 14.8. The number of para-hydroxylation sites is 2. The van der Waals surface area contributed by atoms with Gasteiger partial charge in [0, 0.05) is 12.7 Å². The van der Waals surface area contributed by atoms with Crippen molar-refractivity contribution in [3.8, 4) is 0 Å². The van der Waals surface area contributed by atoms with Gasteiger partial charge in [0.15, 0.2) is 0 Å². The van der Waals surface area contributed by atoms with E-state index in [1.807, 2.05) is 18.2 Å². The molecule has 0 aliphatic heterocycles. The molecule has 0 aromatic heterocycles. The van der Waals surface area contributed by atoms with Gasteiger partial charge in [-0.3, -0.25) is 9.59 Å². The highest BCUT2D eigenvalue weighted by Gasteiger charge is 2.21. The second-order valence-electron chi connectivity index (χ2n) is 5.85. The normalized spacial score (nSPS) is 12.3. The fourth-order valence-corrected chi connectivity index (χ4v) is 3.09. The molecule has 0 saturated carbocycles. The van der Waals surface area contributed by atoms with Crippen LogP contribution in [0.3, 0.4) is 0 Å². The van der Waals surface area contributed by atoms with Crippen LogP contribution in [0.15, 0.2) is 54.6 Å².